The third-order valence-electron chi connectivity index (χ3n) is 4.51. The molecule has 0 aromatic heterocycles. The number of rotatable bonds is 12. The van der Waals surface area contributed by atoms with Crippen LogP contribution in [-0.2, 0) is 9.59 Å². The molecule has 0 radical (unpaired) electrons. The van der Waals surface area contributed by atoms with Gasteiger partial charge in [0, 0.05) is 38.6 Å². The van der Waals surface area contributed by atoms with Crippen molar-refractivity contribution in [3.8, 4) is 0 Å². The second-order valence-electron chi connectivity index (χ2n) is 6.82. The largest absolute Gasteiger partial charge is 0.396 e. The summed E-state index contributed by atoms with van der Waals surface area (Å²) >= 11 is 0. The van der Waals surface area contributed by atoms with Crippen molar-refractivity contribution in [2.75, 3.05) is 26.2 Å². The second-order valence-corrected chi connectivity index (χ2v) is 6.82. The number of nitrogens with zero attached hydrogens (tertiary/aromatic N) is 1. The third-order valence-corrected chi connectivity index (χ3v) is 4.51. The summed E-state index contributed by atoms with van der Waals surface area (Å²) < 4.78 is 13.2. The summed E-state index contributed by atoms with van der Waals surface area (Å²) in [5.74, 6) is -1.36. The van der Waals surface area contributed by atoms with Crippen LogP contribution in [-0.4, -0.2) is 81.7 Å². The summed E-state index contributed by atoms with van der Waals surface area (Å²) in [5, 5.41) is 40.1. The van der Waals surface area contributed by atoms with Gasteiger partial charge >= 0.3 is 0 Å². The molecule has 0 aliphatic carbocycles. The number of carbonyl (C=O) groups is 2. The van der Waals surface area contributed by atoms with Gasteiger partial charge in [0.25, 0.3) is 0 Å². The molecule has 1 aliphatic heterocycles. The van der Waals surface area contributed by atoms with E-state index in [9.17, 15) is 29.3 Å². The molecule has 3 atom stereocenters. The van der Waals surface area contributed by atoms with Gasteiger partial charge in [-0.3, -0.25) is 9.59 Å². The van der Waals surface area contributed by atoms with Gasteiger partial charge in [0.1, 0.15) is 11.9 Å². The highest BCUT2D eigenvalue weighted by Gasteiger charge is 2.32. The van der Waals surface area contributed by atoms with Crippen LogP contribution in [0.2, 0.25) is 0 Å². The number of aliphatic hydroxyl groups excluding tert-OH is 4. The van der Waals surface area contributed by atoms with Crippen LogP contribution in [0.1, 0.15) is 19.3 Å². The number of hydrogen-bond acceptors (Lipinski definition) is 6. The lowest BCUT2D eigenvalue weighted by atomic mass is 9.94. The molecule has 0 spiro atoms. The van der Waals surface area contributed by atoms with Gasteiger partial charge in [-0.1, -0.05) is 25.3 Å². The second kappa shape index (κ2) is 11.7. The molecule has 0 bridgehead atoms. The predicted octanol–water partition coefficient (Wildman–Crippen LogP) is -0.598. The van der Waals surface area contributed by atoms with Crippen molar-refractivity contribution < 1.29 is 34.4 Å². The molecular formula is C19H29FN2O6. The van der Waals surface area contributed by atoms with Crippen molar-refractivity contribution in [2.45, 2.75) is 37.6 Å². The number of aliphatic hydroxyl groups is 4. The number of allylic oxidation sites excluding steroid dienone is 3. The number of carbonyl (C=O) groups excluding carboxylic acids is 2. The Labute approximate surface area is 163 Å². The van der Waals surface area contributed by atoms with Crippen LogP contribution in [0.5, 0.6) is 0 Å². The van der Waals surface area contributed by atoms with E-state index in [0.717, 1.165) is 0 Å². The van der Waals surface area contributed by atoms with E-state index in [-0.39, 0.29) is 55.7 Å². The minimum atomic E-state index is -1.48. The Kier molecular flexibility index (Phi) is 10.0. The quantitative estimate of drug-likeness (QED) is 0.278. The molecule has 1 fully saturated rings. The van der Waals surface area contributed by atoms with Crippen LogP contribution in [0, 0.1) is 5.92 Å². The Hall–Kier alpha value is -2.07. The van der Waals surface area contributed by atoms with E-state index < -0.39 is 24.1 Å². The van der Waals surface area contributed by atoms with Crippen molar-refractivity contribution in [1.29, 1.82) is 0 Å². The number of hydrogen-bond donors (Lipinski definition) is 5. The lowest BCUT2D eigenvalue weighted by Crippen LogP contribution is -2.52. The van der Waals surface area contributed by atoms with Crippen LogP contribution >= 0.6 is 0 Å². The molecule has 0 aromatic carbocycles. The van der Waals surface area contributed by atoms with Gasteiger partial charge in [0.2, 0.25) is 11.8 Å². The van der Waals surface area contributed by atoms with Gasteiger partial charge in [-0.05, 0) is 12.0 Å². The average Bonchev–Trinajstić information content (AvgIpc) is 2.61. The molecule has 5 N–H and O–H groups in total. The SMILES string of the molecule is C=C/C=C(/CC(=O)N1CC(CC(=O)NC[C@H](O)[C@@H](O)[C@H](O)CCO)C1)C(=C)F. The zero-order valence-electron chi connectivity index (χ0n) is 15.8. The molecule has 1 aliphatic rings. The Morgan fingerprint density at radius 2 is 1.89 bits per heavy atom. The molecule has 1 heterocycles. The first-order valence-electron chi connectivity index (χ1n) is 9.05. The maximum absolute atomic E-state index is 13.2. The summed E-state index contributed by atoms with van der Waals surface area (Å²) in [6.45, 7) is 6.80. The maximum atomic E-state index is 13.2. The van der Waals surface area contributed by atoms with Crippen LogP contribution in [0.15, 0.2) is 36.7 Å². The van der Waals surface area contributed by atoms with E-state index in [1.54, 1.807) is 0 Å². The third kappa shape index (κ3) is 7.51. The normalized spacial score (nSPS) is 18.0. The molecule has 0 aromatic rings. The molecule has 9 heteroatoms. The summed E-state index contributed by atoms with van der Waals surface area (Å²) in [7, 11) is 0. The Bertz CT molecular complexity index is 603. The first-order chi connectivity index (χ1) is 13.2. The molecule has 2 amide bonds. The van der Waals surface area contributed by atoms with E-state index in [4.69, 9.17) is 5.11 Å². The molecule has 1 rings (SSSR count). The molecule has 0 unspecified atom stereocenters. The zero-order chi connectivity index (χ0) is 21.3. The molecule has 0 saturated carbocycles. The van der Waals surface area contributed by atoms with Crippen molar-refractivity contribution in [3.63, 3.8) is 0 Å². The molecular weight excluding hydrogens is 371 g/mol. The first-order valence-corrected chi connectivity index (χ1v) is 9.05. The highest BCUT2D eigenvalue weighted by Crippen LogP contribution is 2.23. The lowest BCUT2D eigenvalue weighted by Gasteiger charge is -2.39. The van der Waals surface area contributed by atoms with Crippen molar-refractivity contribution >= 4 is 11.8 Å². The topological polar surface area (TPSA) is 130 Å². The van der Waals surface area contributed by atoms with Gasteiger partial charge in [0.15, 0.2) is 0 Å². The molecule has 158 valence electrons. The number of halogens is 1. The van der Waals surface area contributed by atoms with Gasteiger partial charge in [-0.25, -0.2) is 4.39 Å². The van der Waals surface area contributed by atoms with Crippen LogP contribution in [0.4, 0.5) is 4.39 Å². The zero-order valence-corrected chi connectivity index (χ0v) is 15.8. The van der Waals surface area contributed by atoms with Crippen LogP contribution in [0.3, 0.4) is 0 Å². The van der Waals surface area contributed by atoms with E-state index in [0.29, 0.717) is 13.1 Å². The lowest BCUT2D eigenvalue weighted by molar-refractivity contribution is -0.139. The predicted molar refractivity (Wildman–Crippen MR) is 101 cm³/mol. The summed E-state index contributed by atoms with van der Waals surface area (Å²) in [4.78, 5) is 25.5. The first kappa shape index (κ1) is 24.0. The summed E-state index contributed by atoms with van der Waals surface area (Å²) in [6.07, 6.45) is -1.44. The van der Waals surface area contributed by atoms with Crippen molar-refractivity contribution in [3.05, 3.63) is 36.7 Å². The highest BCUT2D eigenvalue weighted by atomic mass is 19.1. The number of likely N-dealkylation sites (tertiary alicyclic amines) is 1. The highest BCUT2D eigenvalue weighted by molar-refractivity contribution is 5.81. The molecule has 8 nitrogen and oxygen atoms in total. The minimum Gasteiger partial charge on any atom is -0.396 e. The van der Waals surface area contributed by atoms with Crippen molar-refractivity contribution in [2.24, 2.45) is 5.92 Å². The van der Waals surface area contributed by atoms with Gasteiger partial charge in [-0.2, -0.15) is 0 Å². The van der Waals surface area contributed by atoms with Gasteiger partial charge < -0.3 is 30.6 Å². The van der Waals surface area contributed by atoms with E-state index in [1.807, 2.05) is 0 Å². The smallest absolute Gasteiger partial charge is 0.227 e. The van der Waals surface area contributed by atoms with Crippen LogP contribution < -0.4 is 5.32 Å². The monoisotopic (exact) mass is 400 g/mol. The van der Waals surface area contributed by atoms with E-state index in [1.165, 1.54) is 17.1 Å². The standard InChI is InChI=1S/C19H29FN2O6/c1-3-4-14(12(2)20)8-18(27)22-10-13(11-22)7-17(26)21-9-16(25)19(28)15(24)5-6-23/h3-4,13,15-16,19,23-25,28H,1-2,5-11H2,(H,21,26)/b14-4-/t15-,16+,19+/m1/s1. The number of amides is 2. The fourth-order valence-corrected chi connectivity index (χ4v) is 2.80. The van der Waals surface area contributed by atoms with Crippen molar-refractivity contribution in [1.82, 2.24) is 10.2 Å². The Morgan fingerprint density at radius 1 is 1.25 bits per heavy atom. The van der Waals surface area contributed by atoms with Gasteiger partial charge in [0.05, 0.1) is 18.6 Å². The minimum absolute atomic E-state index is 0.0496. The Balaban J connectivity index is 2.32. The molecule has 1 saturated heterocycles. The summed E-state index contributed by atoms with van der Waals surface area (Å²) in [5.41, 5.74) is 0.164. The fraction of sp³-hybridized carbons (Fsp3) is 0.579. The molecule has 28 heavy (non-hydrogen) atoms. The van der Waals surface area contributed by atoms with Gasteiger partial charge in [-0.15, -0.1) is 0 Å². The maximum Gasteiger partial charge on any atom is 0.227 e. The van der Waals surface area contributed by atoms with E-state index >= 15 is 0 Å². The summed E-state index contributed by atoms with van der Waals surface area (Å²) in [6, 6.07) is 0. The van der Waals surface area contributed by atoms with Crippen LogP contribution in [0.25, 0.3) is 0 Å². The van der Waals surface area contributed by atoms with E-state index in [2.05, 4.69) is 18.5 Å². The Morgan fingerprint density at radius 3 is 2.43 bits per heavy atom. The fourth-order valence-electron chi connectivity index (χ4n) is 2.80. The number of nitrogens with one attached hydrogen (secondary N) is 1. The average molecular weight is 400 g/mol.